The number of rotatable bonds is 5. The van der Waals surface area contributed by atoms with E-state index in [1.807, 2.05) is 24.3 Å². The van der Waals surface area contributed by atoms with Gasteiger partial charge >= 0.3 is 0 Å². The SMILES string of the molecule is CCS(=O)(=O)N1CCCCN2[C@H](CO)[C@H](c3ccc(-c4ccc(C#N)cc4)cc3)[C@@H]2C1. The number of aliphatic hydroxyl groups excluding tert-OH is 1. The second-order valence-electron chi connectivity index (χ2n) is 8.36. The Hall–Kier alpha value is -2.24. The van der Waals surface area contributed by atoms with E-state index < -0.39 is 10.0 Å². The first-order chi connectivity index (χ1) is 15.0. The van der Waals surface area contributed by atoms with Crippen molar-refractivity contribution in [3.05, 3.63) is 59.7 Å². The first kappa shape index (κ1) is 22.0. The highest BCUT2D eigenvalue weighted by Gasteiger charge is 2.49. The van der Waals surface area contributed by atoms with Crippen LogP contribution in [0.15, 0.2) is 48.5 Å². The molecule has 3 atom stereocenters. The largest absolute Gasteiger partial charge is 0.395 e. The average Bonchev–Trinajstić information content (AvgIpc) is 2.78. The van der Waals surface area contributed by atoms with Gasteiger partial charge in [0, 0.05) is 31.1 Å². The summed E-state index contributed by atoms with van der Waals surface area (Å²) in [6, 6.07) is 18.1. The van der Waals surface area contributed by atoms with Crippen LogP contribution >= 0.6 is 0 Å². The minimum absolute atomic E-state index is 0.0232. The molecule has 0 aromatic heterocycles. The Morgan fingerprint density at radius 1 is 1.03 bits per heavy atom. The van der Waals surface area contributed by atoms with Gasteiger partial charge in [0.25, 0.3) is 0 Å². The highest BCUT2D eigenvalue weighted by Crippen LogP contribution is 2.42. The van der Waals surface area contributed by atoms with E-state index in [9.17, 15) is 13.5 Å². The predicted molar refractivity (Wildman–Crippen MR) is 121 cm³/mol. The molecule has 0 radical (unpaired) electrons. The summed E-state index contributed by atoms with van der Waals surface area (Å²) in [5, 5.41) is 19.1. The molecule has 0 bridgehead atoms. The zero-order valence-electron chi connectivity index (χ0n) is 17.8. The maximum Gasteiger partial charge on any atom is 0.213 e. The van der Waals surface area contributed by atoms with Gasteiger partial charge in [-0.15, -0.1) is 0 Å². The fourth-order valence-electron chi connectivity index (χ4n) is 4.98. The molecular weight excluding hydrogens is 410 g/mol. The lowest BCUT2D eigenvalue weighted by Gasteiger charge is -2.57. The summed E-state index contributed by atoms with van der Waals surface area (Å²) in [5.74, 6) is 0.222. The lowest BCUT2D eigenvalue weighted by atomic mass is 9.74. The number of sulfonamides is 1. The summed E-state index contributed by atoms with van der Waals surface area (Å²) in [5.41, 5.74) is 3.88. The van der Waals surface area contributed by atoms with E-state index in [0.29, 0.717) is 18.7 Å². The quantitative estimate of drug-likeness (QED) is 0.774. The van der Waals surface area contributed by atoms with Gasteiger partial charge in [0.15, 0.2) is 0 Å². The molecule has 31 heavy (non-hydrogen) atoms. The van der Waals surface area contributed by atoms with Crippen LogP contribution in [0, 0.1) is 11.3 Å². The molecule has 1 N–H and O–H groups in total. The normalized spacial score (nSPS) is 25.0. The molecule has 2 aromatic carbocycles. The highest BCUT2D eigenvalue weighted by atomic mass is 32.2. The molecule has 6 nitrogen and oxygen atoms in total. The zero-order valence-corrected chi connectivity index (χ0v) is 18.6. The lowest BCUT2D eigenvalue weighted by molar-refractivity contribution is -0.0553. The Morgan fingerprint density at radius 2 is 1.65 bits per heavy atom. The molecule has 0 unspecified atom stereocenters. The van der Waals surface area contributed by atoms with E-state index in [2.05, 4.69) is 35.2 Å². The smallest absolute Gasteiger partial charge is 0.213 e. The molecule has 0 spiro atoms. The van der Waals surface area contributed by atoms with E-state index in [0.717, 1.165) is 36.1 Å². The van der Waals surface area contributed by atoms with Crippen LogP contribution in [0.25, 0.3) is 11.1 Å². The molecule has 4 rings (SSSR count). The third kappa shape index (κ3) is 4.26. The van der Waals surface area contributed by atoms with Crippen molar-refractivity contribution in [1.82, 2.24) is 9.21 Å². The highest BCUT2D eigenvalue weighted by molar-refractivity contribution is 7.89. The number of nitriles is 1. The van der Waals surface area contributed by atoms with Gasteiger partial charge in [-0.3, -0.25) is 4.90 Å². The van der Waals surface area contributed by atoms with E-state index in [1.165, 1.54) is 0 Å². The molecule has 0 amide bonds. The van der Waals surface area contributed by atoms with Gasteiger partial charge in [0.1, 0.15) is 0 Å². The molecule has 2 heterocycles. The Kier molecular flexibility index (Phi) is 6.44. The van der Waals surface area contributed by atoms with Gasteiger partial charge < -0.3 is 5.11 Å². The zero-order chi connectivity index (χ0) is 22.0. The topological polar surface area (TPSA) is 84.6 Å². The molecular formula is C24H29N3O3S. The van der Waals surface area contributed by atoms with Crippen LogP contribution in [0.5, 0.6) is 0 Å². The summed E-state index contributed by atoms with van der Waals surface area (Å²) in [6.07, 6.45) is 1.79. The maximum absolute atomic E-state index is 12.6. The van der Waals surface area contributed by atoms with Crippen LogP contribution in [-0.2, 0) is 10.0 Å². The average molecular weight is 440 g/mol. The summed E-state index contributed by atoms with van der Waals surface area (Å²) in [6.45, 7) is 3.72. The summed E-state index contributed by atoms with van der Waals surface area (Å²) >= 11 is 0. The van der Waals surface area contributed by atoms with E-state index in [1.54, 1.807) is 11.2 Å². The molecule has 0 saturated carbocycles. The van der Waals surface area contributed by atoms with Crippen molar-refractivity contribution < 1.29 is 13.5 Å². The molecule has 2 saturated heterocycles. The van der Waals surface area contributed by atoms with Gasteiger partial charge in [-0.2, -0.15) is 5.26 Å². The second-order valence-corrected chi connectivity index (χ2v) is 10.6. The Balaban J connectivity index is 1.58. The van der Waals surface area contributed by atoms with Crippen molar-refractivity contribution in [2.45, 2.75) is 37.8 Å². The third-order valence-corrected chi connectivity index (χ3v) is 8.58. The van der Waals surface area contributed by atoms with Crippen LogP contribution in [0.3, 0.4) is 0 Å². The summed E-state index contributed by atoms with van der Waals surface area (Å²) in [4.78, 5) is 2.29. The van der Waals surface area contributed by atoms with Gasteiger partial charge in [-0.1, -0.05) is 36.4 Å². The maximum atomic E-state index is 12.6. The number of fused-ring (bicyclic) bond motifs is 1. The van der Waals surface area contributed by atoms with Gasteiger partial charge in [0.05, 0.1) is 24.0 Å². The molecule has 2 aliphatic rings. The van der Waals surface area contributed by atoms with Crippen molar-refractivity contribution in [1.29, 1.82) is 5.26 Å². The Morgan fingerprint density at radius 3 is 2.23 bits per heavy atom. The minimum atomic E-state index is -3.24. The van der Waals surface area contributed by atoms with Crippen molar-refractivity contribution in [3.8, 4) is 17.2 Å². The van der Waals surface area contributed by atoms with E-state index in [-0.39, 0.29) is 30.4 Å². The summed E-state index contributed by atoms with van der Waals surface area (Å²) in [7, 11) is -3.24. The first-order valence-corrected chi connectivity index (χ1v) is 12.5. The molecule has 0 aliphatic carbocycles. The molecule has 2 aromatic rings. The lowest BCUT2D eigenvalue weighted by Crippen LogP contribution is -2.67. The van der Waals surface area contributed by atoms with Crippen LogP contribution in [0.4, 0.5) is 0 Å². The number of aliphatic hydroxyl groups is 1. The van der Waals surface area contributed by atoms with Crippen LogP contribution in [0.2, 0.25) is 0 Å². The number of nitrogens with zero attached hydrogens (tertiary/aromatic N) is 3. The molecule has 164 valence electrons. The van der Waals surface area contributed by atoms with Crippen molar-refractivity contribution in [2.75, 3.05) is 32.0 Å². The van der Waals surface area contributed by atoms with Crippen molar-refractivity contribution in [2.24, 2.45) is 0 Å². The monoisotopic (exact) mass is 439 g/mol. The predicted octanol–water partition coefficient (Wildman–Crippen LogP) is 2.80. The van der Waals surface area contributed by atoms with Crippen LogP contribution in [0.1, 0.15) is 36.8 Å². The number of benzene rings is 2. The first-order valence-electron chi connectivity index (χ1n) is 10.9. The molecule has 2 aliphatic heterocycles. The number of hydrogen-bond acceptors (Lipinski definition) is 5. The van der Waals surface area contributed by atoms with Crippen molar-refractivity contribution in [3.63, 3.8) is 0 Å². The fraction of sp³-hybridized carbons (Fsp3) is 0.458. The summed E-state index contributed by atoms with van der Waals surface area (Å²) < 4.78 is 26.8. The number of hydrogen-bond donors (Lipinski definition) is 1. The fourth-order valence-corrected chi connectivity index (χ4v) is 6.13. The van der Waals surface area contributed by atoms with Gasteiger partial charge in [0.2, 0.25) is 10.0 Å². The van der Waals surface area contributed by atoms with Gasteiger partial charge in [-0.25, -0.2) is 12.7 Å². The molecule has 2 fully saturated rings. The third-order valence-electron chi connectivity index (χ3n) is 6.73. The van der Waals surface area contributed by atoms with Crippen molar-refractivity contribution >= 4 is 10.0 Å². The van der Waals surface area contributed by atoms with Crippen LogP contribution in [-0.4, -0.2) is 66.8 Å². The standard InChI is InChI=1S/C24H29N3O3S/c1-2-31(29,30)26-13-3-4-14-27-22(16-26)24(23(27)17-28)21-11-9-20(10-12-21)19-7-5-18(15-25)6-8-19/h5-12,22-24,28H,2-4,13-14,16-17H2,1H3/t22-,23+,24+/m0/s1. The van der Waals surface area contributed by atoms with Gasteiger partial charge in [-0.05, 0) is 55.1 Å². The Bertz CT molecular complexity index is 1040. The molecule has 7 heteroatoms. The van der Waals surface area contributed by atoms with Crippen LogP contribution < -0.4 is 0 Å². The van der Waals surface area contributed by atoms with E-state index >= 15 is 0 Å². The van der Waals surface area contributed by atoms with E-state index in [4.69, 9.17) is 5.26 Å². The second kappa shape index (κ2) is 9.09. The Labute approximate surface area is 184 Å². The minimum Gasteiger partial charge on any atom is -0.395 e.